The van der Waals surface area contributed by atoms with Crippen LogP contribution in [0.15, 0.2) is 228 Å². The summed E-state index contributed by atoms with van der Waals surface area (Å²) < 4.78 is 0. The molecule has 308 valence electrons. The molecule has 6 aromatic carbocycles. The third kappa shape index (κ3) is 14.7. The van der Waals surface area contributed by atoms with E-state index < -0.39 is 0 Å². The Kier molecular flexibility index (Phi) is 18.3. The van der Waals surface area contributed by atoms with Crippen LogP contribution in [0, 0.1) is 0 Å². The van der Waals surface area contributed by atoms with Crippen molar-refractivity contribution in [2.75, 3.05) is 12.5 Å². The SMILES string of the molecule is CSc1ccc(/C=C/C(=C/C=C/C(=C/C=C/C=C(/C=C/C=C(/C=C/c2ccc(SC)cc2)c2ccc(Cl)cc2)c2ccc(Cl)cc2)c2ccc(Cl)cc2)c2ccc(Cl)cc2)cc1. The number of thioether (sulfide) groups is 2. The molecule has 0 saturated heterocycles. The van der Waals surface area contributed by atoms with E-state index in [1.54, 1.807) is 23.5 Å². The molecule has 0 N–H and O–H groups in total. The Morgan fingerprint density at radius 1 is 0.323 bits per heavy atom. The van der Waals surface area contributed by atoms with E-state index in [0.717, 1.165) is 55.7 Å². The smallest absolute Gasteiger partial charge is 0.0406 e. The molecule has 0 unspecified atom stereocenters. The van der Waals surface area contributed by atoms with E-state index in [1.807, 2.05) is 97.1 Å². The summed E-state index contributed by atoms with van der Waals surface area (Å²) in [6.07, 6.45) is 33.6. The zero-order valence-electron chi connectivity index (χ0n) is 34.3. The molecule has 6 heteroatoms. The average Bonchev–Trinajstić information content (AvgIpc) is 3.30. The number of rotatable bonds is 16. The second-order valence-corrected chi connectivity index (χ2v) is 17.3. The lowest BCUT2D eigenvalue weighted by Crippen LogP contribution is -1.83. The van der Waals surface area contributed by atoms with Gasteiger partial charge in [-0.25, -0.2) is 0 Å². The summed E-state index contributed by atoms with van der Waals surface area (Å²) in [5.74, 6) is 0. The van der Waals surface area contributed by atoms with Gasteiger partial charge in [0.15, 0.2) is 0 Å². The molecule has 0 aliphatic rings. The minimum Gasteiger partial charge on any atom is -0.130 e. The standard InChI is InChI=1S/C56H44Cl4S2/c1-61-55-37-15-41(16-38-55)13-19-45(49-25-33-53(59)34-26-49)11-5-9-43(47-21-29-51(57)30-22-47)7-3-4-8-44(48-23-31-52(58)32-24-48)10-6-12-46(50-27-35-54(60)36-28-50)20-14-42-17-39-56(62-2)40-18-42/h3-40H,1-2H3/b4-3+,9-5+,10-6+,19-13+,20-14+,43-7-,44-8-,45-11-,46-12-. The lowest BCUT2D eigenvalue weighted by molar-refractivity contribution is 1.45. The summed E-state index contributed by atoms with van der Waals surface area (Å²) in [6.45, 7) is 0. The van der Waals surface area contributed by atoms with E-state index in [0.29, 0.717) is 20.1 Å². The van der Waals surface area contributed by atoms with Crippen molar-refractivity contribution < 1.29 is 0 Å². The van der Waals surface area contributed by atoms with Gasteiger partial charge in [-0.05, 0) is 141 Å². The van der Waals surface area contributed by atoms with Crippen LogP contribution in [0.2, 0.25) is 20.1 Å². The molecular formula is C56H44Cl4S2. The normalized spacial score (nSPS) is 13.2. The third-order valence-electron chi connectivity index (χ3n) is 9.62. The second-order valence-electron chi connectivity index (χ2n) is 13.8. The van der Waals surface area contributed by atoms with Crippen LogP contribution < -0.4 is 0 Å². The Hall–Kier alpha value is -5.16. The lowest BCUT2D eigenvalue weighted by Gasteiger charge is -2.05. The van der Waals surface area contributed by atoms with Crippen LogP contribution in [0.5, 0.6) is 0 Å². The first-order chi connectivity index (χ1) is 30.3. The molecule has 0 bridgehead atoms. The molecule has 0 nitrogen and oxygen atoms in total. The van der Waals surface area contributed by atoms with Crippen LogP contribution in [-0.4, -0.2) is 12.5 Å². The van der Waals surface area contributed by atoms with E-state index in [1.165, 1.54) is 9.79 Å². The summed E-state index contributed by atoms with van der Waals surface area (Å²) in [6, 6.07) is 48.7. The Morgan fingerprint density at radius 3 is 0.855 bits per heavy atom. The topological polar surface area (TPSA) is 0 Å². The van der Waals surface area contributed by atoms with Crippen LogP contribution in [0.3, 0.4) is 0 Å². The molecule has 0 amide bonds. The highest BCUT2D eigenvalue weighted by Gasteiger charge is 2.03. The van der Waals surface area contributed by atoms with Gasteiger partial charge < -0.3 is 0 Å². The highest BCUT2D eigenvalue weighted by atomic mass is 35.5. The molecule has 62 heavy (non-hydrogen) atoms. The molecule has 0 spiro atoms. The molecule has 0 aliphatic carbocycles. The van der Waals surface area contributed by atoms with Crippen LogP contribution >= 0.6 is 69.9 Å². The maximum atomic E-state index is 6.32. The summed E-state index contributed by atoms with van der Waals surface area (Å²) in [4.78, 5) is 2.46. The minimum absolute atomic E-state index is 0.684. The molecule has 0 saturated carbocycles. The molecule has 6 aromatic rings. The molecule has 0 aromatic heterocycles. The number of allylic oxidation sites excluding steroid dienone is 16. The first-order valence-corrected chi connectivity index (χ1v) is 23.8. The third-order valence-corrected chi connectivity index (χ3v) is 12.1. The summed E-state index contributed by atoms with van der Waals surface area (Å²) >= 11 is 28.6. The quantitative estimate of drug-likeness (QED) is 0.0701. The predicted molar refractivity (Wildman–Crippen MR) is 280 cm³/mol. The predicted octanol–water partition coefficient (Wildman–Crippen LogP) is 18.5. The van der Waals surface area contributed by atoms with Crippen molar-refractivity contribution in [2.24, 2.45) is 0 Å². The van der Waals surface area contributed by atoms with E-state index in [4.69, 9.17) is 46.4 Å². The van der Waals surface area contributed by atoms with Gasteiger partial charge in [-0.15, -0.1) is 23.5 Å². The number of hydrogen-bond acceptors (Lipinski definition) is 2. The second kappa shape index (κ2) is 24.5. The van der Waals surface area contributed by atoms with Gasteiger partial charge >= 0.3 is 0 Å². The average molecular weight is 923 g/mol. The van der Waals surface area contributed by atoms with Crippen LogP contribution in [-0.2, 0) is 0 Å². The minimum atomic E-state index is 0.684. The zero-order valence-corrected chi connectivity index (χ0v) is 38.9. The molecule has 0 aliphatic heterocycles. The summed E-state index contributed by atoms with van der Waals surface area (Å²) in [5, 5.41) is 2.76. The van der Waals surface area contributed by atoms with Crippen molar-refractivity contribution in [3.63, 3.8) is 0 Å². The number of benzene rings is 6. The Bertz CT molecular complexity index is 2470. The highest BCUT2D eigenvalue weighted by Crippen LogP contribution is 2.26. The van der Waals surface area contributed by atoms with Gasteiger partial charge in [0.25, 0.3) is 0 Å². The molecule has 0 fully saturated rings. The van der Waals surface area contributed by atoms with Crippen molar-refractivity contribution in [1.29, 1.82) is 0 Å². The Morgan fingerprint density at radius 2 is 0.581 bits per heavy atom. The molecular weight excluding hydrogens is 879 g/mol. The fourth-order valence-electron chi connectivity index (χ4n) is 6.19. The molecule has 0 atom stereocenters. The zero-order chi connectivity index (χ0) is 43.5. The van der Waals surface area contributed by atoms with Gasteiger partial charge in [0, 0.05) is 29.9 Å². The van der Waals surface area contributed by atoms with Gasteiger partial charge in [-0.3, -0.25) is 0 Å². The first-order valence-electron chi connectivity index (χ1n) is 19.8. The monoisotopic (exact) mass is 920 g/mol. The van der Waals surface area contributed by atoms with Crippen molar-refractivity contribution in [2.45, 2.75) is 9.79 Å². The maximum Gasteiger partial charge on any atom is 0.0406 e. The maximum absolute atomic E-state index is 6.32. The van der Waals surface area contributed by atoms with Crippen molar-refractivity contribution in [1.82, 2.24) is 0 Å². The lowest BCUT2D eigenvalue weighted by atomic mass is 10.0. The van der Waals surface area contributed by atoms with E-state index >= 15 is 0 Å². The first kappa shape index (κ1) is 46.3. The highest BCUT2D eigenvalue weighted by molar-refractivity contribution is 7.98. The van der Waals surface area contributed by atoms with Gasteiger partial charge in [-0.1, -0.05) is 204 Å². The van der Waals surface area contributed by atoms with Crippen molar-refractivity contribution >= 4 is 104 Å². The van der Waals surface area contributed by atoms with Gasteiger partial charge in [0.1, 0.15) is 0 Å². The van der Waals surface area contributed by atoms with Crippen molar-refractivity contribution in [3.8, 4) is 0 Å². The number of hydrogen-bond donors (Lipinski definition) is 0. The van der Waals surface area contributed by atoms with Crippen LogP contribution in [0.1, 0.15) is 33.4 Å². The fraction of sp³-hybridized carbons (Fsp3) is 0.0357. The van der Waals surface area contributed by atoms with Gasteiger partial charge in [0.05, 0.1) is 0 Å². The molecule has 0 heterocycles. The summed E-state index contributed by atoms with van der Waals surface area (Å²) in [5.41, 5.74) is 10.6. The van der Waals surface area contributed by atoms with Gasteiger partial charge in [0.2, 0.25) is 0 Å². The Labute approximate surface area is 395 Å². The number of halogens is 4. The fourth-order valence-corrected chi connectivity index (χ4v) is 7.51. The molecule has 6 rings (SSSR count). The van der Waals surface area contributed by atoms with Crippen molar-refractivity contribution in [3.05, 3.63) is 272 Å². The molecule has 0 radical (unpaired) electrons. The summed E-state index contributed by atoms with van der Waals surface area (Å²) in [7, 11) is 0. The Balaban J connectivity index is 1.32. The van der Waals surface area contributed by atoms with E-state index in [-0.39, 0.29) is 0 Å². The van der Waals surface area contributed by atoms with E-state index in [2.05, 4.69) is 146 Å². The van der Waals surface area contributed by atoms with Gasteiger partial charge in [-0.2, -0.15) is 0 Å². The largest absolute Gasteiger partial charge is 0.130 e. The van der Waals surface area contributed by atoms with Crippen LogP contribution in [0.4, 0.5) is 0 Å². The van der Waals surface area contributed by atoms with E-state index in [9.17, 15) is 0 Å². The van der Waals surface area contributed by atoms with Crippen LogP contribution in [0.25, 0.3) is 34.4 Å².